The normalized spacial score (nSPS) is 17.3. The summed E-state index contributed by atoms with van der Waals surface area (Å²) in [6, 6.07) is 6.14. The van der Waals surface area contributed by atoms with Gasteiger partial charge in [0.15, 0.2) is 0 Å². The van der Waals surface area contributed by atoms with Crippen LogP contribution in [0.25, 0.3) is 11.5 Å². The molecule has 1 aromatic heterocycles. The number of amides is 2. The van der Waals surface area contributed by atoms with E-state index in [1.807, 2.05) is 0 Å². The molecule has 2 aliphatic rings. The van der Waals surface area contributed by atoms with Gasteiger partial charge < -0.3 is 14.6 Å². The molecule has 2 heterocycles. The number of thioether (sulfide) groups is 1. The maximum absolute atomic E-state index is 13.0. The molecule has 2 fully saturated rings. The number of rotatable bonds is 7. The number of nitrogens with zero attached hydrogens (tertiary/aromatic N) is 4. The van der Waals surface area contributed by atoms with Crippen molar-refractivity contribution in [2.75, 3.05) is 38.5 Å². The zero-order valence-corrected chi connectivity index (χ0v) is 16.7. The highest BCUT2D eigenvalue weighted by atomic mass is 32.2. The minimum Gasteiger partial charge on any atom is -0.411 e. The molecule has 1 saturated heterocycles. The smallest absolute Gasteiger partial charge is 0.277 e. The minimum absolute atomic E-state index is 0.00128. The molecule has 0 spiro atoms. The number of carbonyl (C=O) groups is 2. The molecular weight excluding hydrogens is 397 g/mol. The molecule has 1 aromatic carbocycles. The van der Waals surface area contributed by atoms with Gasteiger partial charge in [-0.3, -0.25) is 14.5 Å². The molecule has 1 aliphatic carbocycles. The van der Waals surface area contributed by atoms with Crippen LogP contribution < -0.4 is 5.32 Å². The monoisotopic (exact) mass is 419 g/mol. The second kappa shape index (κ2) is 8.91. The van der Waals surface area contributed by atoms with Crippen LogP contribution in [0.5, 0.6) is 0 Å². The Hall–Kier alpha value is -2.46. The molecule has 1 saturated carbocycles. The lowest BCUT2D eigenvalue weighted by atomic mass is 10.2. The first-order valence-electron chi connectivity index (χ1n) is 9.58. The van der Waals surface area contributed by atoms with Crippen LogP contribution in [-0.4, -0.2) is 76.3 Å². The Morgan fingerprint density at radius 1 is 1.14 bits per heavy atom. The van der Waals surface area contributed by atoms with Crippen LogP contribution in [0.4, 0.5) is 4.39 Å². The van der Waals surface area contributed by atoms with Crippen molar-refractivity contribution in [3.8, 4) is 11.5 Å². The Kier molecular flexibility index (Phi) is 6.10. The number of piperazine rings is 1. The summed E-state index contributed by atoms with van der Waals surface area (Å²) in [7, 11) is 0. The fourth-order valence-electron chi connectivity index (χ4n) is 3.05. The summed E-state index contributed by atoms with van der Waals surface area (Å²) >= 11 is 1.18. The average molecular weight is 419 g/mol. The summed E-state index contributed by atoms with van der Waals surface area (Å²) < 4.78 is 18.5. The van der Waals surface area contributed by atoms with E-state index in [1.54, 1.807) is 17.0 Å². The zero-order chi connectivity index (χ0) is 20.2. The molecule has 1 aliphatic heterocycles. The highest BCUT2D eigenvalue weighted by molar-refractivity contribution is 7.99. The summed E-state index contributed by atoms with van der Waals surface area (Å²) in [5.41, 5.74) is 0.624. The fraction of sp³-hybridized carbons (Fsp3) is 0.474. The number of halogens is 1. The van der Waals surface area contributed by atoms with Crippen molar-refractivity contribution in [3.05, 3.63) is 30.1 Å². The van der Waals surface area contributed by atoms with E-state index in [1.165, 1.54) is 23.9 Å². The highest BCUT2D eigenvalue weighted by Crippen LogP contribution is 2.23. The van der Waals surface area contributed by atoms with Crippen LogP contribution in [0.2, 0.25) is 0 Å². The van der Waals surface area contributed by atoms with Gasteiger partial charge in [0.25, 0.3) is 5.22 Å². The molecule has 4 rings (SSSR count). The summed E-state index contributed by atoms with van der Waals surface area (Å²) in [6.45, 7) is 2.95. The van der Waals surface area contributed by atoms with Crippen molar-refractivity contribution in [1.29, 1.82) is 0 Å². The topological polar surface area (TPSA) is 91.6 Å². The molecule has 0 bridgehead atoms. The van der Waals surface area contributed by atoms with E-state index in [-0.39, 0.29) is 29.3 Å². The van der Waals surface area contributed by atoms with Crippen LogP contribution in [-0.2, 0) is 9.59 Å². The number of nitrogens with one attached hydrogen (secondary N) is 1. The molecule has 1 N–H and O–H groups in total. The maximum Gasteiger partial charge on any atom is 0.277 e. The Labute approximate surface area is 171 Å². The van der Waals surface area contributed by atoms with Crippen LogP contribution in [0.15, 0.2) is 33.9 Å². The lowest BCUT2D eigenvalue weighted by molar-refractivity contribution is -0.130. The largest absolute Gasteiger partial charge is 0.411 e. The third-order valence-electron chi connectivity index (χ3n) is 4.85. The first-order chi connectivity index (χ1) is 14.1. The van der Waals surface area contributed by atoms with E-state index < -0.39 is 0 Å². The average Bonchev–Trinajstić information content (AvgIpc) is 3.40. The van der Waals surface area contributed by atoms with Crippen LogP contribution in [0.3, 0.4) is 0 Å². The minimum atomic E-state index is -0.336. The Balaban J connectivity index is 1.20. The number of aromatic nitrogens is 2. The molecule has 0 radical (unpaired) electrons. The van der Waals surface area contributed by atoms with Crippen molar-refractivity contribution >= 4 is 23.6 Å². The van der Waals surface area contributed by atoms with Gasteiger partial charge in [-0.15, -0.1) is 10.2 Å². The van der Waals surface area contributed by atoms with Gasteiger partial charge in [-0.25, -0.2) is 4.39 Å². The van der Waals surface area contributed by atoms with Crippen LogP contribution >= 0.6 is 11.8 Å². The number of hydrogen-bond acceptors (Lipinski definition) is 7. The van der Waals surface area contributed by atoms with Gasteiger partial charge in [-0.05, 0) is 37.1 Å². The lowest BCUT2D eigenvalue weighted by Gasteiger charge is -2.34. The van der Waals surface area contributed by atoms with Crippen LogP contribution in [0.1, 0.15) is 12.8 Å². The third-order valence-corrected chi connectivity index (χ3v) is 5.65. The van der Waals surface area contributed by atoms with Gasteiger partial charge in [0.05, 0.1) is 12.3 Å². The SMILES string of the molecule is O=C(CN1CCN(C(=O)CSc2nnc(-c3ccc(F)cc3)o2)CC1)NC1CC1. The zero-order valence-electron chi connectivity index (χ0n) is 15.8. The highest BCUT2D eigenvalue weighted by Gasteiger charge is 2.26. The number of carbonyl (C=O) groups excluding carboxylic acids is 2. The summed E-state index contributed by atoms with van der Waals surface area (Å²) in [4.78, 5) is 28.2. The fourth-order valence-corrected chi connectivity index (χ4v) is 3.72. The second-order valence-corrected chi connectivity index (χ2v) is 8.09. The summed E-state index contributed by atoms with van der Waals surface area (Å²) in [6.07, 6.45) is 2.16. The van der Waals surface area contributed by atoms with E-state index in [2.05, 4.69) is 20.4 Å². The Bertz CT molecular complexity index is 863. The molecule has 0 unspecified atom stereocenters. The predicted octanol–water partition coefficient (Wildman–Crippen LogP) is 1.39. The molecular formula is C19H22FN5O3S. The molecule has 2 amide bonds. The van der Waals surface area contributed by atoms with Gasteiger partial charge in [-0.1, -0.05) is 11.8 Å². The Morgan fingerprint density at radius 3 is 2.55 bits per heavy atom. The molecule has 10 heteroatoms. The van der Waals surface area contributed by atoms with Crippen LogP contribution in [0, 0.1) is 5.82 Å². The molecule has 0 atom stereocenters. The van der Waals surface area contributed by atoms with E-state index in [9.17, 15) is 14.0 Å². The first-order valence-corrected chi connectivity index (χ1v) is 10.6. The van der Waals surface area contributed by atoms with Gasteiger partial charge in [0, 0.05) is 37.8 Å². The summed E-state index contributed by atoms with van der Waals surface area (Å²) in [5, 5.41) is 11.2. The quantitative estimate of drug-likeness (QED) is 0.678. The van der Waals surface area contributed by atoms with E-state index in [0.717, 1.165) is 12.8 Å². The maximum atomic E-state index is 13.0. The van der Waals surface area contributed by atoms with Gasteiger partial charge >= 0.3 is 0 Å². The van der Waals surface area contributed by atoms with Gasteiger partial charge in [0.1, 0.15) is 5.82 Å². The van der Waals surface area contributed by atoms with Crippen molar-refractivity contribution in [1.82, 2.24) is 25.3 Å². The van der Waals surface area contributed by atoms with Crippen molar-refractivity contribution < 1.29 is 18.4 Å². The molecule has 29 heavy (non-hydrogen) atoms. The molecule has 154 valence electrons. The Morgan fingerprint density at radius 2 is 1.86 bits per heavy atom. The molecule has 2 aromatic rings. The molecule has 8 nitrogen and oxygen atoms in total. The van der Waals surface area contributed by atoms with Crippen molar-refractivity contribution in [2.45, 2.75) is 24.1 Å². The standard InChI is InChI=1S/C19H22FN5O3S/c20-14-3-1-13(2-4-14)18-22-23-19(28-18)29-12-17(27)25-9-7-24(8-10-25)11-16(26)21-15-5-6-15/h1-4,15H,5-12H2,(H,21,26). The van der Waals surface area contributed by atoms with E-state index in [0.29, 0.717) is 49.6 Å². The van der Waals surface area contributed by atoms with Gasteiger partial charge in [0.2, 0.25) is 17.7 Å². The lowest BCUT2D eigenvalue weighted by Crippen LogP contribution is -2.51. The third kappa shape index (κ3) is 5.54. The van der Waals surface area contributed by atoms with Crippen molar-refractivity contribution in [3.63, 3.8) is 0 Å². The summed E-state index contributed by atoms with van der Waals surface area (Å²) in [5.74, 6) is 0.220. The predicted molar refractivity (Wildman–Crippen MR) is 105 cm³/mol. The van der Waals surface area contributed by atoms with E-state index in [4.69, 9.17) is 4.42 Å². The second-order valence-electron chi connectivity index (χ2n) is 7.17. The number of hydrogen-bond donors (Lipinski definition) is 1. The van der Waals surface area contributed by atoms with E-state index >= 15 is 0 Å². The first kappa shape index (κ1) is 19.8. The van der Waals surface area contributed by atoms with Crippen molar-refractivity contribution in [2.24, 2.45) is 0 Å². The number of benzene rings is 1. The van der Waals surface area contributed by atoms with Gasteiger partial charge in [-0.2, -0.15) is 0 Å².